The number of benzene rings is 1. The maximum absolute atomic E-state index is 5.77. The Labute approximate surface area is 113 Å². The van der Waals surface area contributed by atoms with Gasteiger partial charge in [0, 0.05) is 18.3 Å². The lowest BCUT2D eigenvalue weighted by molar-refractivity contribution is 0.277. The van der Waals surface area contributed by atoms with Crippen LogP contribution in [0.1, 0.15) is 19.8 Å². The van der Waals surface area contributed by atoms with Gasteiger partial charge < -0.3 is 16.0 Å². The lowest BCUT2D eigenvalue weighted by Gasteiger charge is -2.22. The van der Waals surface area contributed by atoms with Crippen LogP contribution in [0.15, 0.2) is 18.2 Å². The number of fused-ring (bicyclic) bond motifs is 1. The summed E-state index contributed by atoms with van der Waals surface area (Å²) in [5.74, 6) is 0.837. The van der Waals surface area contributed by atoms with Crippen LogP contribution in [-0.4, -0.2) is 40.5 Å². The minimum atomic E-state index is 0.628. The van der Waals surface area contributed by atoms with Crippen molar-refractivity contribution in [2.75, 3.05) is 30.7 Å². The number of nitrogens with zero attached hydrogens (tertiary/aromatic N) is 2. The number of likely N-dealkylation sites (tertiary alicyclic amines) is 1. The predicted molar refractivity (Wildman–Crippen MR) is 79.3 cm³/mol. The van der Waals surface area contributed by atoms with E-state index in [4.69, 9.17) is 5.73 Å². The minimum absolute atomic E-state index is 0.628. The smallest absolute Gasteiger partial charge is 0.201 e. The molecule has 5 nitrogen and oxygen atoms in total. The van der Waals surface area contributed by atoms with Gasteiger partial charge in [-0.2, -0.15) is 0 Å². The topological polar surface area (TPSA) is 70.0 Å². The summed E-state index contributed by atoms with van der Waals surface area (Å²) in [5.41, 5.74) is 8.47. The summed E-state index contributed by atoms with van der Waals surface area (Å²) in [6, 6.07) is 6.37. The predicted octanol–water partition coefficient (Wildman–Crippen LogP) is 2.04. The Bertz CT molecular complexity index is 562. The van der Waals surface area contributed by atoms with Crippen LogP contribution in [-0.2, 0) is 0 Å². The summed E-state index contributed by atoms with van der Waals surface area (Å²) in [4.78, 5) is 10.3. The Morgan fingerprint density at radius 2 is 2.42 bits per heavy atom. The zero-order chi connectivity index (χ0) is 13.2. The lowest BCUT2D eigenvalue weighted by atomic mass is 10.2. The van der Waals surface area contributed by atoms with Gasteiger partial charge in [-0.3, -0.25) is 4.90 Å². The molecule has 0 radical (unpaired) electrons. The number of nitrogens with one attached hydrogen (secondary N) is 2. The van der Waals surface area contributed by atoms with Crippen LogP contribution in [0, 0.1) is 0 Å². The van der Waals surface area contributed by atoms with E-state index >= 15 is 0 Å². The quantitative estimate of drug-likeness (QED) is 0.735. The van der Waals surface area contributed by atoms with Gasteiger partial charge in [0.2, 0.25) is 5.95 Å². The van der Waals surface area contributed by atoms with Crippen LogP contribution in [0.2, 0.25) is 0 Å². The molecule has 4 N–H and O–H groups in total. The maximum atomic E-state index is 5.77. The van der Waals surface area contributed by atoms with Gasteiger partial charge in [0.05, 0.1) is 11.0 Å². The molecule has 0 spiro atoms. The van der Waals surface area contributed by atoms with Crippen LogP contribution in [0.5, 0.6) is 0 Å². The summed E-state index contributed by atoms with van der Waals surface area (Å²) in [7, 11) is 0. The van der Waals surface area contributed by atoms with Crippen LogP contribution < -0.4 is 11.1 Å². The Morgan fingerprint density at radius 1 is 1.53 bits per heavy atom. The first-order valence-corrected chi connectivity index (χ1v) is 6.99. The molecule has 0 aliphatic carbocycles. The number of H-pyrrole nitrogens is 1. The van der Waals surface area contributed by atoms with E-state index in [9.17, 15) is 0 Å². The number of imidazole rings is 1. The van der Waals surface area contributed by atoms with Crippen molar-refractivity contribution in [2.24, 2.45) is 0 Å². The highest BCUT2D eigenvalue weighted by Crippen LogP contribution is 2.19. The second-order valence-electron chi connectivity index (χ2n) is 5.17. The first kappa shape index (κ1) is 12.3. The molecule has 1 unspecified atom stereocenters. The number of aromatic amines is 1. The molecule has 1 aromatic carbocycles. The Kier molecular flexibility index (Phi) is 3.29. The van der Waals surface area contributed by atoms with Gasteiger partial charge in [-0.1, -0.05) is 6.92 Å². The van der Waals surface area contributed by atoms with E-state index in [-0.39, 0.29) is 0 Å². The number of nitrogen functional groups attached to an aromatic ring is 1. The molecule has 0 saturated carbocycles. The first-order chi connectivity index (χ1) is 9.26. The number of hydrogen-bond donors (Lipinski definition) is 3. The fraction of sp³-hybridized carbons (Fsp3) is 0.500. The van der Waals surface area contributed by atoms with Gasteiger partial charge in [-0.15, -0.1) is 0 Å². The van der Waals surface area contributed by atoms with Crippen molar-refractivity contribution in [2.45, 2.75) is 25.8 Å². The molecule has 2 heterocycles. The van der Waals surface area contributed by atoms with E-state index in [2.05, 4.69) is 27.1 Å². The minimum Gasteiger partial charge on any atom is -0.399 e. The summed E-state index contributed by atoms with van der Waals surface area (Å²) in [5, 5.41) is 3.41. The molecule has 1 aliphatic rings. The number of hydrogen-bond acceptors (Lipinski definition) is 4. The van der Waals surface area contributed by atoms with Crippen LogP contribution >= 0.6 is 0 Å². The summed E-state index contributed by atoms with van der Waals surface area (Å²) in [6.07, 6.45) is 2.57. The van der Waals surface area contributed by atoms with Crippen molar-refractivity contribution in [1.82, 2.24) is 14.9 Å². The molecule has 1 aromatic heterocycles. The number of nitrogens with two attached hydrogens (primary N) is 1. The molecule has 5 heteroatoms. The van der Waals surface area contributed by atoms with Crippen molar-refractivity contribution in [3.05, 3.63) is 18.2 Å². The van der Waals surface area contributed by atoms with Crippen molar-refractivity contribution in [3.63, 3.8) is 0 Å². The lowest BCUT2D eigenvalue weighted by Crippen LogP contribution is -2.34. The van der Waals surface area contributed by atoms with Gasteiger partial charge >= 0.3 is 0 Å². The van der Waals surface area contributed by atoms with E-state index in [1.54, 1.807) is 0 Å². The molecule has 2 aromatic rings. The molecule has 19 heavy (non-hydrogen) atoms. The number of rotatable bonds is 4. The second-order valence-corrected chi connectivity index (χ2v) is 5.17. The number of aromatic nitrogens is 2. The normalized spacial score (nSPS) is 20.2. The van der Waals surface area contributed by atoms with E-state index in [1.807, 2.05) is 18.2 Å². The van der Waals surface area contributed by atoms with Gasteiger partial charge in [0.1, 0.15) is 0 Å². The van der Waals surface area contributed by atoms with Crippen LogP contribution in [0.3, 0.4) is 0 Å². The molecule has 1 atom stereocenters. The summed E-state index contributed by atoms with van der Waals surface area (Å²) >= 11 is 0. The molecule has 0 amide bonds. The van der Waals surface area contributed by atoms with Gasteiger partial charge in [-0.25, -0.2) is 4.98 Å². The number of likely N-dealkylation sites (N-methyl/N-ethyl adjacent to an activating group) is 1. The molecular weight excluding hydrogens is 238 g/mol. The van der Waals surface area contributed by atoms with E-state index < -0.39 is 0 Å². The fourth-order valence-electron chi connectivity index (χ4n) is 2.87. The first-order valence-electron chi connectivity index (χ1n) is 6.99. The zero-order valence-corrected chi connectivity index (χ0v) is 11.3. The maximum Gasteiger partial charge on any atom is 0.201 e. The SMILES string of the molecule is CCN1CCCC1CNc1nc2ccc(N)cc2[nH]1. The van der Waals surface area contributed by atoms with Gasteiger partial charge in [-0.05, 0) is 44.1 Å². The Hall–Kier alpha value is -1.75. The van der Waals surface area contributed by atoms with Gasteiger partial charge in [0.15, 0.2) is 0 Å². The van der Waals surface area contributed by atoms with Gasteiger partial charge in [0.25, 0.3) is 0 Å². The van der Waals surface area contributed by atoms with E-state index in [1.165, 1.54) is 19.4 Å². The fourth-order valence-corrected chi connectivity index (χ4v) is 2.87. The largest absolute Gasteiger partial charge is 0.399 e. The van der Waals surface area contributed by atoms with Crippen molar-refractivity contribution in [3.8, 4) is 0 Å². The van der Waals surface area contributed by atoms with Crippen LogP contribution in [0.4, 0.5) is 11.6 Å². The Balaban J connectivity index is 1.68. The molecule has 1 saturated heterocycles. The average Bonchev–Trinajstić information content (AvgIpc) is 3.01. The zero-order valence-electron chi connectivity index (χ0n) is 11.3. The highest BCUT2D eigenvalue weighted by molar-refractivity contribution is 5.80. The van der Waals surface area contributed by atoms with Crippen molar-refractivity contribution in [1.29, 1.82) is 0 Å². The third-order valence-corrected chi connectivity index (χ3v) is 3.92. The third kappa shape index (κ3) is 2.51. The molecule has 0 bridgehead atoms. The molecule has 1 aliphatic heterocycles. The molecule has 3 rings (SSSR count). The Morgan fingerprint density at radius 3 is 3.26 bits per heavy atom. The van der Waals surface area contributed by atoms with E-state index in [0.29, 0.717) is 6.04 Å². The highest BCUT2D eigenvalue weighted by Gasteiger charge is 2.22. The van der Waals surface area contributed by atoms with Crippen molar-refractivity contribution >= 4 is 22.7 Å². The molecule has 102 valence electrons. The standard InChI is InChI=1S/C14H21N5/c1-2-19-7-3-4-11(19)9-16-14-17-12-6-5-10(15)8-13(12)18-14/h5-6,8,11H,2-4,7,9,15H2,1H3,(H2,16,17,18). The number of anilines is 2. The molecular formula is C14H21N5. The monoisotopic (exact) mass is 259 g/mol. The third-order valence-electron chi connectivity index (χ3n) is 3.92. The second kappa shape index (κ2) is 5.09. The summed E-state index contributed by atoms with van der Waals surface area (Å²) < 4.78 is 0. The van der Waals surface area contributed by atoms with Crippen LogP contribution in [0.25, 0.3) is 11.0 Å². The highest BCUT2D eigenvalue weighted by atomic mass is 15.2. The average molecular weight is 259 g/mol. The molecule has 1 fully saturated rings. The van der Waals surface area contributed by atoms with Crippen molar-refractivity contribution < 1.29 is 0 Å². The summed E-state index contributed by atoms with van der Waals surface area (Å²) in [6.45, 7) is 5.52. The van der Waals surface area contributed by atoms with E-state index in [0.717, 1.165) is 35.8 Å².